The van der Waals surface area contributed by atoms with E-state index in [1.54, 1.807) is 18.2 Å². The van der Waals surface area contributed by atoms with Gasteiger partial charge in [-0.15, -0.1) is 0 Å². The van der Waals surface area contributed by atoms with Crippen LogP contribution in [0.3, 0.4) is 0 Å². The van der Waals surface area contributed by atoms with Crippen molar-refractivity contribution in [3.63, 3.8) is 0 Å². The first-order chi connectivity index (χ1) is 13.9. The van der Waals surface area contributed by atoms with E-state index in [-0.39, 0.29) is 29.8 Å². The summed E-state index contributed by atoms with van der Waals surface area (Å²) in [5.74, 6) is 0.0287. The predicted octanol–water partition coefficient (Wildman–Crippen LogP) is 4.61. The molecule has 0 aliphatic carbocycles. The second-order valence-corrected chi connectivity index (χ2v) is 7.44. The fourth-order valence-electron chi connectivity index (χ4n) is 3.26. The van der Waals surface area contributed by atoms with Crippen LogP contribution in [-0.4, -0.2) is 27.1 Å². The number of benzene rings is 1. The first-order valence-electron chi connectivity index (χ1n) is 9.26. The van der Waals surface area contributed by atoms with Crippen LogP contribution in [0.25, 0.3) is 11.3 Å². The molecule has 0 radical (unpaired) electrons. The number of amides is 1. The van der Waals surface area contributed by atoms with Gasteiger partial charge in [0.2, 0.25) is 11.9 Å². The lowest BCUT2D eigenvalue weighted by atomic mass is 10.1. The van der Waals surface area contributed by atoms with Crippen LogP contribution < -0.4 is 10.2 Å². The minimum Gasteiger partial charge on any atom is -0.356 e. The number of anilines is 2. The molecule has 3 aromatic rings. The molecule has 3 heterocycles. The first kappa shape index (κ1) is 19.3. The Hall–Kier alpha value is -3.00. The zero-order valence-electron chi connectivity index (χ0n) is 15.9. The third kappa shape index (κ3) is 3.93. The monoisotopic (exact) mass is 415 g/mol. The molecular formula is C20H19ClFN5O2. The normalized spacial score (nSPS) is 17.6. The van der Waals surface area contributed by atoms with Crippen molar-refractivity contribution in [1.29, 1.82) is 0 Å². The molecule has 0 bridgehead atoms. The van der Waals surface area contributed by atoms with Crippen molar-refractivity contribution in [3.05, 3.63) is 53.1 Å². The van der Waals surface area contributed by atoms with Gasteiger partial charge in [-0.1, -0.05) is 16.8 Å². The van der Waals surface area contributed by atoms with Gasteiger partial charge in [0.15, 0.2) is 17.4 Å². The van der Waals surface area contributed by atoms with Crippen LogP contribution in [0.4, 0.5) is 16.2 Å². The Morgan fingerprint density at radius 3 is 2.79 bits per heavy atom. The Bertz CT molecular complexity index is 1040. The fourth-order valence-corrected chi connectivity index (χ4v) is 3.39. The van der Waals surface area contributed by atoms with E-state index in [0.29, 0.717) is 29.3 Å². The first-order valence-corrected chi connectivity index (χ1v) is 9.64. The van der Waals surface area contributed by atoms with Gasteiger partial charge in [0, 0.05) is 29.1 Å². The highest BCUT2D eigenvalue weighted by Crippen LogP contribution is 2.29. The van der Waals surface area contributed by atoms with Crippen molar-refractivity contribution in [1.82, 2.24) is 15.1 Å². The second-order valence-electron chi connectivity index (χ2n) is 7.01. The summed E-state index contributed by atoms with van der Waals surface area (Å²) in [7, 11) is 0. The summed E-state index contributed by atoms with van der Waals surface area (Å²) in [6, 6.07) is 8.63. The number of nitrogens with zero attached hydrogens (tertiary/aromatic N) is 4. The number of halogens is 2. The molecule has 1 N–H and O–H groups in total. The molecule has 1 amide bonds. The van der Waals surface area contributed by atoms with Crippen LogP contribution in [-0.2, 0) is 4.79 Å². The molecule has 4 rings (SSSR count). The topological polar surface area (TPSA) is 84.2 Å². The van der Waals surface area contributed by atoms with Crippen LogP contribution in [0.5, 0.6) is 0 Å². The summed E-state index contributed by atoms with van der Waals surface area (Å²) >= 11 is 5.91. The van der Waals surface area contributed by atoms with Crippen LogP contribution in [0, 0.1) is 5.82 Å². The fraction of sp³-hybridized carbons (Fsp3) is 0.300. The summed E-state index contributed by atoms with van der Waals surface area (Å²) in [5, 5.41) is 7.81. The van der Waals surface area contributed by atoms with Crippen LogP contribution in [0.15, 0.2) is 41.1 Å². The highest BCUT2D eigenvalue weighted by atomic mass is 35.5. The van der Waals surface area contributed by atoms with Gasteiger partial charge < -0.3 is 9.84 Å². The third-order valence-corrected chi connectivity index (χ3v) is 5.14. The average molecular weight is 416 g/mol. The quantitative estimate of drug-likeness (QED) is 0.655. The molecule has 1 saturated heterocycles. The largest absolute Gasteiger partial charge is 0.356 e. The van der Waals surface area contributed by atoms with Crippen molar-refractivity contribution in [2.24, 2.45) is 0 Å². The van der Waals surface area contributed by atoms with E-state index in [2.05, 4.69) is 20.4 Å². The number of aromatic nitrogens is 3. The number of carbonyl (C=O) groups is 1. The maximum absolute atomic E-state index is 14.3. The zero-order valence-corrected chi connectivity index (χ0v) is 16.7. The lowest BCUT2D eigenvalue weighted by Gasteiger charge is -2.21. The van der Waals surface area contributed by atoms with Crippen LogP contribution in [0.2, 0.25) is 5.02 Å². The summed E-state index contributed by atoms with van der Waals surface area (Å²) in [4.78, 5) is 21.7. The van der Waals surface area contributed by atoms with Crippen molar-refractivity contribution >= 4 is 29.3 Å². The van der Waals surface area contributed by atoms with E-state index in [1.807, 2.05) is 26.0 Å². The highest BCUT2D eigenvalue weighted by Gasteiger charge is 2.32. The lowest BCUT2D eigenvalue weighted by molar-refractivity contribution is -0.117. The van der Waals surface area contributed by atoms with Crippen molar-refractivity contribution in [3.8, 4) is 11.3 Å². The summed E-state index contributed by atoms with van der Waals surface area (Å²) in [6.07, 6.45) is 2.13. The minimum absolute atomic E-state index is 0.00768. The molecule has 7 nitrogen and oxygen atoms in total. The van der Waals surface area contributed by atoms with E-state index in [0.717, 1.165) is 11.8 Å². The molecule has 0 unspecified atom stereocenters. The number of carbonyl (C=O) groups excluding carboxylic acids is 1. The molecule has 2 atom stereocenters. The summed E-state index contributed by atoms with van der Waals surface area (Å²) in [5.41, 5.74) is 1.48. The SMILES string of the molecule is C[C@H](Nc1ncc(F)c(N2C(=O)CC[C@@H]2C)n1)c1cc(-c2ccc(Cl)cc2)on1. The standard InChI is InChI=1S/C20H19ClFN5O2/c1-11-3-8-18(28)27(11)19-15(22)10-23-20(25-19)24-12(2)16-9-17(29-26-16)13-4-6-14(21)7-5-13/h4-7,9-12H,3,8H2,1-2H3,(H,23,24,25)/t11-,12-/m0/s1. The van der Waals surface area contributed by atoms with Gasteiger partial charge in [-0.3, -0.25) is 9.69 Å². The van der Waals surface area contributed by atoms with Crippen LogP contribution >= 0.6 is 11.6 Å². The van der Waals surface area contributed by atoms with Gasteiger partial charge in [-0.05, 0) is 44.5 Å². The smallest absolute Gasteiger partial charge is 0.228 e. The summed E-state index contributed by atoms with van der Waals surface area (Å²) < 4.78 is 19.7. The molecule has 2 aromatic heterocycles. The third-order valence-electron chi connectivity index (χ3n) is 4.89. The van der Waals surface area contributed by atoms with Gasteiger partial charge >= 0.3 is 0 Å². The second kappa shape index (κ2) is 7.79. The molecule has 0 spiro atoms. The number of hydrogen-bond acceptors (Lipinski definition) is 6. The molecule has 0 saturated carbocycles. The predicted molar refractivity (Wildman–Crippen MR) is 107 cm³/mol. The van der Waals surface area contributed by atoms with Crippen molar-refractivity contribution < 1.29 is 13.7 Å². The Morgan fingerprint density at radius 2 is 2.10 bits per heavy atom. The molecule has 1 aromatic carbocycles. The Labute approximate surface area is 171 Å². The van der Waals surface area contributed by atoms with E-state index in [9.17, 15) is 9.18 Å². The van der Waals surface area contributed by atoms with Gasteiger partial charge in [0.1, 0.15) is 5.69 Å². The lowest BCUT2D eigenvalue weighted by Crippen LogP contribution is -2.32. The average Bonchev–Trinajstić information content (AvgIpc) is 3.31. The molecule has 150 valence electrons. The number of hydrogen-bond donors (Lipinski definition) is 1. The van der Waals surface area contributed by atoms with Crippen molar-refractivity contribution in [2.75, 3.05) is 10.2 Å². The molecule has 1 aliphatic rings. The van der Waals surface area contributed by atoms with Gasteiger partial charge in [-0.25, -0.2) is 9.37 Å². The van der Waals surface area contributed by atoms with Gasteiger partial charge in [0.05, 0.1) is 12.2 Å². The molecule has 1 fully saturated rings. The summed E-state index contributed by atoms with van der Waals surface area (Å²) in [6.45, 7) is 3.73. The van der Waals surface area contributed by atoms with Crippen LogP contribution in [0.1, 0.15) is 38.4 Å². The Kier molecular flexibility index (Phi) is 5.19. The van der Waals surface area contributed by atoms with Crippen molar-refractivity contribution in [2.45, 2.75) is 38.8 Å². The Morgan fingerprint density at radius 1 is 1.34 bits per heavy atom. The maximum atomic E-state index is 14.3. The van der Waals surface area contributed by atoms with Gasteiger partial charge in [-0.2, -0.15) is 4.98 Å². The van der Waals surface area contributed by atoms with E-state index < -0.39 is 5.82 Å². The van der Waals surface area contributed by atoms with E-state index in [1.165, 1.54) is 4.90 Å². The zero-order chi connectivity index (χ0) is 20.5. The van der Waals surface area contributed by atoms with E-state index in [4.69, 9.17) is 16.1 Å². The molecule has 9 heteroatoms. The molecule has 1 aliphatic heterocycles. The van der Waals surface area contributed by atoms with E-state index >= 15 is 0 Å². The Balaban J connectivity index is 1.53. The minimum atomic E-state index is -0.628. The number of rotatable bonds is 5. The molecule has 29 heavy (non-hydrogen) atoms. The van der Waals surface area contributed by atoms with Gasteiger partial charge in [0.25, 0.3) is 0 Å². The highest BCUT2D eigenvalue weighted by molar-refractivity contribution is 6.30. The maximum Gasteiger partial charge on any atom is 0.228 e. The number of nitrogens with one attached hydrogen (secondary N) is 1. The molecular weight excluding hydrogens is 397 g/mol.